The van der Waals surface area contributed by atoms with Crippen LogP contribution in [-0.2, 0) is 9.53 Å². The normalized spacial score (nSPS) is 31.2. The summed E-state index contributed by atoms with van der Waals surface area (Å²) in [6.45, 7) is 7.27. The zero-order valence-corrected chi connectivity index (χ0v) is 12.6. The van der Waals surface area contributed by atoms with Gasteiger partial charge in [-0.2, -0.15) is 0 Å². The molecule has 1 heterocycles. The lowest BCUT2D eigenvalue weighted by Gasteiger charge is -2.43. The molecule has 0 aromatic carbocycles. The van der Waals surface area contributed by atoms with Gasteiger partial charge in [0.25, 0.3) is 0 Å². The molecule has 110 valence electrons. The average molecular weight is 269 g/mol. The summed E-state index contributed by atoms with van der Waals surface area (Å²) in [6.07, 6.45) is 2.37. The number of esters is 1. The molecule has 3 atom stereocenters. The lowest BCUT2D eigenvalue weighted by atomic mass is 10.1. The van der Waals surface area contributed by atoms with Gasteiger partial charge in [-0.3, -0.25) is 14.6 Å². The molecule has 0 radical (unpaired) electrons. The first kappa shape index (κ1) is 14.8. The Morgan fingerprint density at radius 3 is 2.37 bits per heavy atom. The molecule has 0 amide bonds. The van der Waals surface area contributed by atoms with E-state index in [-0.39, 0.29) is 12.0 Å². The topological polar surface area (TPSA) is 44.8 Å². The number of nitrogens with zero attached hydrogens (tertiary/aromatic N) is 2. The van der Waals surface area contributed by atoms with Crippen LogP contribution in [0.1, 0.15) is 26.7 Å². The molecule has 0 bridgehead atoms. The van der Waals surface area contributed by atoms with Gasteiger partial charge in [0, 0.05) is 37.8 Å². The molecule has 5 nitrogen and oxygen atoms in total. The maximum absolute atomic E-state index is 11.9. The third-order valence-electron chi connectivity index (χ3n) is 4.38. The van der Waals surface area contributed by atoms with E-state index >= 15 is 0 Å². The summed E-state index contributed by atoms with van der Waals surface area (Å²) in [6, 6.07) is 1.40. The first-order valence-electron chi connectivity index (χ1n) is 7.29. The molecule has 1 aliphatic carbocycles. The van der Waals surface area contributed by atoms with Crippen LogP contribution in [0.25, 0.3) is 0 Å². The van der Waals surface area contributed by atoms with E-state index in [0.717, 1.165) is 19.6 Å². The molecule has 3 unspecified atom stereocenters. The minimum atomic E-state index is -0.180. The van der Waals surface area contributed by atoms with Crippen LogP contribution in [0, 0.1) is 0 Å². The number of hydrogen-bond donors (Lipinski definition) is 1. The van der Waals surface area contributed by atoms with Crippen LogP contribution in [0.4, 0.5) is 0 Å². The maximum atomic E-state index is 11.9. The van der Waals surface area contributed by atoms with Crippen molar-refractivity contribution in [1.29, 1.82) is 0 Å². The van der Waals surface area contributed by atoms with Crippen LogP contribution in [0.2, 0.25) is 0 Å². The number of hydrogen-bond acceptors (Lipinski definition) is 5. The Bertz CT molecular complexity index is 308. The molecule has 1 N–H and O–H groups in total. The van der Waals surface area contributed by atoms with Gasteiger partial charge in [0.05, 0.1) is 7.11 Å². The van der Waals surface area contributed by atoms with E-state index < -0.39 is 0 Å². The van der Waals surface area contributed by atoms with Crippen molar-refractivity contribution in [2.24, 2.45) is 0 Å². The van der Waals surface area contributed by atoms with Crippen LogP contribution in [0.15, 0.2) is 0 Å². The van der Waals surface area contributed by atoms with Gasteiger partial charge < -0.3 is 10.1 Å². The first-order chi connectivity index (χ1) is 9.01. The van der Waals surface area contributed by atoms with E-state index in [4.69, 9.17) is 4.74 Å². The highest BCUT2D eigenvalue weighted by atomic mass is 16.5. The Kier molecular flexibility index (Phi) is 4.81. The van der Waals surface area contributed by atoms with E-state index in [1.165, 1.54) is 20.0 Å². The molecule has 1 saturated heterocycles. The molecule has 1 aliphatic heterocycles. The lowest BCUT2D eigenvalue weighted by Crippen LogP contribution is -2.58. The van der Waals surface area contributed by atoms with Crippen molar-refractivity contribution in [3.8, 4) is 0 Å². The summed E-state index contributed by atoms with van der Waals surface area (Å²) in [5.74, 6) is -0.133. The first-order valence-corrected chi connectivity index (χ1v) is 7.29. The van der Waals surface area contributed by atoms with Gasteiger partial charge in [-0.25, -0.2) is 0 Å². The fraction of sp³-hybridized carbons (Fsp3) is 0.929. The van der Waals surface area contributed by atoms with Crippen molar-refractivity contribution < 1.29 is 9.53 Å². The Morgan fingerprint density at radius 1 is 1.32 bits per heavy atom. The van der Waals surface area contributed by atoms with Gasteiger partial charge in [0.15, 0.2) is 0 Å². The zero-order chi connectivity index (χ0) is 14.0. The smallest absolute Gasteiger partial charge is 0.324 e. The molecular weight excluding hydrogens is 242 g/mol. The minimum Gasteiger partial charge on any atom is -0.468 e. The second-order valence-electron chi connectivity index (χ2n) is 6.10. The van der Waals surface area contributed by atoms with E-state index in [2.05, 4.69) is 36.0 Å². The third kappa shape index (κ3) is 3.91. The summed E-state index contributed by atoms with van der Waals surface area (Å²) in [7, 11) is 3.64. The van der Waals surface area contributed by atoms with Gasteiger partial charge in [-0.1, -0.05) is 0 Å². The standard InChI is InChI=1S/C14H27N3O2/c1-10-7-17(8-11(2)16(10)3)9-13(14(18)19-4)15-12-5-6-12/h10-13,15H,5-9H2,1-4H3. The van der Waals surface area contributed by atoms with Crippen molar-refractivity contribution in [2.45, 2.75) is 50.9 Å². The monoisotopic (exact) mass is 269 g/mol. The van der Waals surface area contributed by atoms with Crippen LogP contribution in [-0.4, -0.2) is 73.7 Å². The van der Waals surface area contributed by atoms with Gasteiger partial charge in [-0.05, 0) is 33.7 Å². The van der Waals surface area contributed by atoms with Crippen LogP contribution in [0.5, 0.6) is 0 Å². The van der Waals surface area contributed by atoms with Crippen LogP contribution in [0.3, 0.4) is 0 Å². The largest absolute Gasteiger partial charge is 0.468 e. The second kappa shape index (κ2) is 6.20. The predicted molar refractivity (Wildman–Crippen MR) is 75.1 cm³/mol. The quantitative estimate of drug-likeness (QED) is 0.728. The van der Waals surface area contributed by atoms with Crippen molar-refractivity contribution in [1.82, 2.24) is 15.1 Å². The predicted octanol–water partition coefficient (Wildman–Crippen LogP) is 0.304. The highest BCUT2D eigenvalue weighted by Crippen LogP contribution is 2.20. The molecule has 1 saturated carbocycles. The molecule has 2 aliphatic rings. The molecule has 2 fully saturated rings. The number of rotatable bonds is 5. The number of methoxy groups -OCH3 is 1. The summed E-state index contributed by atoms with van der Waals surface area (Å²) < 4.78 is 4.92. The van der Waals surface area contributed by atoms with Crippen molar-refractivity contribution in [3.05, 3.63) is 0 Å². The molecule has 19 heavy (non-hydrogen) atoms. The van der Waals surface area contributed by atoms with E-state index in [9.17, 15) is 4.79 Å². The number of nitrogens with one attached hydrogen (secondary N) is 1. The van der Waals surface area contributed by atoms with Crippen molar-refractivity contribution >= 4 is 5.97 Å². The number of ether oxygens (including phenoxy) is 1. The Balaban J connectivity index is 1.90. The van der Waals surface area contributed by atoms with Gasteiger partial charge >= 0.3 is 5.97 Å². The van der Waals surface area contributed by atoms with Gasteiger partial charge in [-0.15, -0.1) is 0 Å². The molecule has 0 aromatic heterocycles. The summed E-state index contributed by atoms with van der Waals surface area (Å²) in [4.78, 5) is 16.6. The van der Waals surface area contributed by atoms with Gasteiger partial charge in [0.1, 0.15) is 6.04 Å². The number of carbonyl (C=O) groups excluding carboxylic acids is 1. The molecule has 2 rings (SSSR count). The van der Waals surface area contributed by atoms with E-state index in [1.807, 2.05) is 0 Å². The number of likely N-dealkylation sites (N-methyl/N-ethyl adjacent to an activating group) is 1. The molecule has 5 heteroatoms. The minimum absolute atomic E-state index is 0.133. The SMILES string of the molecule is COC(=O)C(CN1CC(C)N(C)C(C)C1)NC1CC1. The summed E-state index contributed by atoms with van der Waals surface area (Å²) >= 11 is 0. The highest BCUT2D eigenvalue weighted by molar-refractivity contribution is 5.76. The molecule has 0 spiro atoms. The fourth-order valence-electron chi connectivity index (χ4n) is 2.79. The lowest BCUT2D eigenvalue weighted by molar-refractivity contribution is -0.144. The molecule has 0 aromatic rings. The number of carbonyl (C=O) groups is 1. The summed E-state index contributed by atoms with van der Waals surface area (Å²) in [5.41, 5.74) is 0. The Morgan fingerprint density at radius 2 is 1.89 bits per heavy atom. The Labute approximate surface area is 116 Å². The molecular formula is C14H27N3O2. The van der Waals surface area contributed by atoms with Crippen LogP contribution >= 0.6 is 0 Å². The highest BCUT2D eigenvalue weighted by Gasteiger charge is 2.33. The maximum Gasteiger partial charge on any atom is 0.324 e. The van der Waals surface area contributed by atoms with Gasteiger partial charge in [0.2, 0.25) is 0 Å². The van der Waals surface area contributed by atoms with Crippen molar-refractivity contribution in [3.63, 3.8) is 0 Å². The number of piperazine rings is 1. The second-order valence-corrected chi connectivity index (χ2v) is 6.10. The Hall–Kier alpha value is -0.650. The van der Waals surface area contributed by atoms with E-state index in [0.29, 0.717) is 18.1 Å². The average Bonchev–Trinajstić information content (AvgIpc) is 3.18. The summed E-state index contributed by atoms with van der Waals surface area (Å²) in [5, 5.41) is 3.40. The zero-order valence-electron chi connectivity index (χ0n) is 12.6. The van der Waals surface area contributed by atoms with Crippen LogP contribution < -0.4 is 5.32 Å². The van der Waals surface area contributed by atoms with Crippen molar-refractivity contribution in [2.75, 3.05) is 33.8 Å². The fourth-order valence-corrected chi connectivity index (χ4v) is 2.79. The van der Waals surface area contributed by atoms with E-state index in [1.54, 1.807) is 0 Å². The third-order valence-corrected chi connectivity index (χ3v) is 4.38.